The molecule has 4 N–H and O–H groups in total. The largest absolute Gasteiger partial charge is 0.469 e. The van der Waals surface area contributed by atoms with Crippen LogP contribution in [0.2, 0.25) is 0 Å². The Morgan fingerprint density at radius 1 is 0.939 bits per heavy atom. The van der Waals surface area contributed by atoms with Crippen LogP contribution in [0.25, 0.3) is 12.2 Å². The third-order valence-corrected chi connectivity index (χ3v) is 9.57. The maximum Gasteiger partial charge on any atom is 0.305 e. The van der Waals surface area contributed by atoms with Gasteiger partial charge in [0, 0.05) is 53.1 Å². The first-order chi connectivity index (χ1) is 23.3. The number of carbonyl (C=O) groups excluding carboxylic acids is 2. The van der Waals surface area contributed by atoms with E-state index in [2.05, 4.69) is 16.0 Å². The van der Waals surface area contributed by atoms with Gasteiger partial charge in [0.1, 0.15) is 0 Å². The number of hydrogen-bond donors (Lipinski definition) is 4. The van der Waals surface area contributed by atoms with Crippen LogP contribution >= 0.6 is 0 Å². The molecule has 0 saturated carbocycles. The Bertz CT molecular complexity index is 1920. The van der Waals surface area contributed by atoms with E-state index in [4.69, 9.17) is 19.5 Å². The molecule has 10 nitrogen and oxygen atoms in total. The second-order valence-electron chi connectivity index (χ2n) is 12.6. The minimum atomic E-state index is -0.767. The molecule has 0 fully saturated rings. The molecule has 2 unspecified atom stereocenters. The van der Waals surface area contributed by atoms with Gasteiger partial charge in [-0.15, -0.1) is 0 Å². The lowest BCUT2D eigenvalue weighted by Crippen LogP contribution is -2.14. The number of nitrogens with one attached hydrogen (secondary N) is 2. The van der Waals surface area contributed by atoms with Crippen LogP contribution < -0.4 is 10.7 Å². The Hall–Kier alpha value is -4.54. The zero-order valence-corrected chi connectivity index (χ0v) is 30.2. The van der Waals surface area contributed by atoms with Gasteiger partial charge in [-0.05, 0) is 118 Å². The van der Waals surface area contributed by atoms with Crippen LogP contribution in [-0.4, -0.2) is 70.5 Å². The second kappa shape index (κ2) is 16.2. The summed E-state index contributed by atoms with van der Waals surface area (Å²) in [5, 5.41) is 23.1. The van der Waals surface area contributed by atoms with E-state index in [-0.39, 0.29) is 24.8 Å². The fourth-order valence-electron chi connectivity index (χ4n) is 6.70. The van der Waals surface area contributed by atoms with E-state index < -0.39 is 12.2 Å². The molecule has 2 aliphatic rings. The Balaban J connectivity index is 2.04. The SMILES string of the molecule is CC\C(=C(C)/C1=C/C2=NC(=CCc3[nH]c(c(CCC(=O)OC)c3C)/C=c3\[nH]/c(c(C)c3CCC(=O)OC)=C\C=N\1)C(C)=C2C(C)O)C(C)O. The molecule has 2 aliphatic heterocycles. The lowest BCUT2D eigenvalue weighted by atomic mass is 9.96. The summed E-state index contributed by atoms with van der Waals surface area (Å²) >= 11 is 0. The zero-order valence-electron chi connectivity index (χ0n) is 30.2. The normalized spacial score (nSPS) is 19.5. The lowest BCUT2D eigenvalue weighted by molar-refractivity contribution is -0.141. The Morgan fingerprint density at radius 2 is 1.59 bits per heavy atom. The molecule has 2 atom stereocenters. The number of aliphatic imine (C=N–C) groups is 2. The molecule has 0 saturated heterocycles. The number of methoxy groups -OCH3 is 2. The molecule has 2 aromatic heterocycles. The van der Waals surface area contributed by atoms with Gasteiger partial charge in [0.2, 0.25) is 0 Å². The van der Waals surface area contributed by atoms with E-state index >= 15 is 0 Å². The number of aliphatic hydroxyl groups excluding tert-OH is 2. The first-order valence-electron chi connectivity index (χ1n) is 16.9. The van der Waals surface area contributed by atoms with E-state index in [0.29, 0.717) is 37.1 Å². The first-order valence-corrected chi connectivity index (χ1v) is 16.9. The predicted octanol–water partition coefficient (Wildman–Crippen LogP) is 4.43. The molecule has 2 aromatic rings. The van der Waals surface area contributed by atoms with Gasteiger partial charge in [-0.2, -0.15) is 0 Å². The Kier molecular flexibility index (Phi) is 12.4. The summed E-state index contributed by atoms with van der Waals surface area (Å²) < 4.78 is 9.89. The minimum Gasteiger partial charge on any atom is -0.469 e. The Labute approximate surface area is 288 Å². The van der Waals surface area contributed by atoms with Gasteiger partial charge >= 0.3 is 11.9 Å². The van der Waals surface area contributed by atoms with Crippen LogP contribution in [-0.2, 0) is 38.3 Å². The summed E-state index contributed by atoms with van der Waals surface area (Å²) in [7, 11) is 2.78. The number of nitrogens with zero attached hydrogens (tertiary/aromatic N) is 2. The number of hydrogen-bond acceptors (Lipinski definition) is 8. The van der Waals surface area contributed by atoms with E-state index in [9.17, 15) is 19.8 Å². The highest BCUT2D eigenvalue weighted by Gasteiger charge is 2.25. The van der Waals surface area contributed by atoms with Crippen LogP contribution in [0.5, 0.6) is 0 Å². The topological polar surface area (TPSA) is 149 Å². The summed E-state index contributed by atoms with van der Waals surface area (Å²) in [6, 6.07) is 0. The molecule has 0 aromatic carbocycles. The van der Waals surface area contributed by atoms with Crippen molar-refractivity contribution in [2.24, 2.45) is 9.98 Å². The second-order valence-corrected chi connectivity index (χ2v) is 12.6. The lowest BCUT2D eigenvalue weighted by Gasteiger charge is -2.15. The molecule has 4 heterocycles. The first kappa shape index (κ1) is 37.3. The zero-order chi connectivity index (χ0) is 36.0. The number of aromatic nitrogens is 2. The number of allylic oxidation sites excluding steroid dienone is 4. The number of aromatic amines is 2. The average molecular weight is 671 g/mol. The molecular formula is C39H50N4O6. The van der Waals surface area contributed by atoms with Gasteiger partial charge in [-0.3, -0.25) is 14.6 Å². The maximum absolute atomic E-state index is 12.2. The van der Waals surface area contributed by atoms with Crippen LogP contribution in [0.1, 0.15) is 87.5 Å². The number of rotatable bonds is 10. The molecule has 4 rings (SSSR count). The standard InChI is InChI=1S/C39H50N4O6/c1-10-27(25(6)44)21(2)33-19-36-39(26(7)45)24(5)31(43-36)14-13-30-22(3)28(11-15-37(46)48-8)34(41-30)20-35-29(12-16-38(47)49-9)23(4)32(42-35)17-18-40-33/h14,17-20,25-26,41-42,44-45H,10-13,15-16H2,1-9H3/b27-21+,31-14?,32-17-,33-19-,35-20-,40-18+. The Morgan fingerprint density at radius 3 is 2.18 bits per heavy atom. The maximum atomic E-state index is 12.2. The average Bonchev–Trinajstić information content (AvgIpc) is 3.65. The summed E-state index contributed by atoms with van der Waals surface area (Å²) in [6.07, 6.45) is 10.8. The minimum absolute atomic E-state index is 0.220. The molecule has 262 valence electrons. The van der Waals surface area contributed by atoms with Crippen molar-refractivity contribution in [3.8, 4) is 0 Å². The molecule has 0 radical (unpaired) electrons. The highest BCUT2D eigenvalue weighted by atomic mass is 16.5. The molecule has 0 amide bonds. The highest BCUT2D eigenvalue weighted by molar-refractivity contribution is 6.13. The van der Waals surface area contributed by atoms with Crippen molar-refractivity contribution in [2.45, 2.75) is 99.2 Å². The van der Waals surface area contributed by atoms with Gasteiger partial charge in [-0.1, -0.05) is 13.0 Å². The van der Waals surface area contributed by atoms with Gasteiger partial charge in [0.25, 0.3) is 0 Å². The van der Waals surface area contributed by atoms with E-state index in [0.717, 1.165) is 72.3 Å². The molecule has 0 spiro atoms. The smallest absolute Gasteiger partial charge is 0.305 e. The molecular weight excluding hydrogens is 620 g/mol. The third kappa shape index (κ3) is 8.37. The third-order valence-electron chi connectivity index (χ3n) is 9.57. The number of aliphatic hydroxyl groups is 2. The summed E-state index contributed by atoms with van der Waals surface area (Å²) in [5.41, 5.74) is 11.2. The van der Waals surface area contributed by atoms with Crippen molar-refractivity contribution in [1.82, 2.24) is 9.97 Å². The van der Waals surface area contributed by atoms with Crippen LogP contribution in [0, 0.1) is 13.8 Å². The number of fused-ring (bicyclic) bond motifs is 5. The number of esters is 2. The van der Waals surface area contributed by atoms with Crippen LogP contribution in [0.15, 0.2) is 55.8 Å². The van der Waals surface area contributed by atoms with Crippen molar-refractivity contribution >= 4 is 36.0 Å². The van der Waals surface area contributed by atoms with E-state index in [1.807, 2.05) is 52.8 Å². The number of H-pyrrole nitrogens is 2. The molecule has 10 heteroatoms. The van der Waals surface area contributed by atoms with Crippen molar-refractivity contribution in [3.63, 3.8) is 0 Å². The van der Waals surface area contributed by atoms with Crippen molar-refractivity contribution in [1.29, 1.82) is 0 Å². The van der Waals surface area contributed by atoms with Gasteiger partial charge in [-0.25, -0.2) is 4.99 Å². The van der Waals surface area contributed by atoms with Crippen molar-refractivity contribution in [2.75, 3.05) is 14.2 Å². The predicted molar refractivity (Wildman–Crippen MR) is 194 cm³/mol. The fourth-order valence-corrected chi connectivity index (χ4v) is 6.70. The molecule has 49 heavy (non-hydrogen) atoms. The quantitative estimate of drug-likeness (QED) is 0.275. The molecule has 0 aliphatic carbocycles. The fraction of sp³-hybridized carbons (Fsp3) is 0.436. The summed E-state index contributed by atoms with van der Waals surface area (Å²) in [4.78, 5) is 41.4. The van der Waals surface area contributed by atoms with Gasteiger partial charge < -0.3 is 29.7 Å². The highest BCUT2D eigenvalue weighted by Crippen LogP contribution is 2.31. The monoisotopic (exact) mass is 670 g/mol. The van der Waals surface area contributed by atoms with Crippen LogP contribution in [0.4, 0.5) is 0 Å². The molecule has 6 bridgehead atoms. The number of ether oxygens (including phenoxy) is 2. The van der Waals surface area contributed by atoms with E-state index in [1.165, 1.54) is 14.2 Å². The van der Waals surface area contributed by atoms with Gasteiger partial charge in [0.05, 0.1) is 43.5 Å². The van der Waals surface area contributed by atoms with Crippen molar-refractivity contribution < 1.29 is 29.3 Å². The number of carbonyl (C=O) groups is 2. The van der Waals surface area contributed by atoms with Gasteiger partial charge in [0.15, 0.2) is 0 Å². The van der Waals surface area contributed by atoms with Crippen LogP contribution in [0.3, 0.4) is 0 Å². The van der Waals surface area contributed by atoms with Crippen molar-refractivity contribution in [3.05, 3.63) is 90.2 Å². The van der Waals surface area contributed by atoms with E-state index in [1.54, 1.807) is 20.1 Å². The summed E-state index contributed by atoms with van der Waals surface area (Å²) in [5.74, 6) is -0.579. The summed E-state index contributed by atoms with van der Waals surface area (Å²) in [6.45, 7) is 13.5.